The second-order valence-electron chi connectivity index (χ2n) is 7.17. The zero-order valence-corrected chi connectivity index (χ0v) is 13.7. The number of allylic oxidation sites excluding steroid dienone is 2. The lowest BCUT2D eigenvalue weighted by Gasteiger charge is -2.21. The lowest BCUT2D eigenvalue weighted by atomic mass is 9.85. The fourth-order valence-corrected chi connectivity index (χ4v) is 5.22. The number of hydrogen-bond acceptors (Lipinski definition) is 4. The number of amides is 3. The van der Waals surface area contributed by atoms with Gasteiger partial charge in [-0.1, -0.05) is 23.8 Å². The van der Waals surface area contributed by atoms with Gasteiger partial charge in [0.05, 0.1) is 16.9 Å². The van der Waals surface area contributed by atoms with Crippen molar-refractivity contribution in [2.45, 2.75) is 12.8 Å². The van der Waals surface area contributed by atoms with Gasteiger partial charge in [0.2, 0.25) is 0 Å². The molecule has 0 aromatic carbocycles. The SMILES string of the molecule is Cn1cc(Cl)c(C(=O)NN2C(=O)[C@@H]3[C@@H](C2=O)[C@@H]2C=C[C@@H]3C23CC3)n1. The van der Waals surface area contributed by atoms with E-state index in [0.717, 1.165) is 17.9 Å². The van der Waals surface area contributed by atoms with Gasteiger partial charge in [-0.2, -0.15) is 10.1 Å². The number of aromatic nitrogens is 2. The lowest BCUT2D eigenvalue weighted by molar-refractivity contribution is -0.144. The van der Waals surface area contributed by atoms with Gasteiger partial charge < -0.3 is 0 Å². The van der Waals surface area contributed by atoms with Crippen molar-refractivity contribution in [1.29, 1.82) is 0 Å². The molecule has 1 aliphatic heterocycles. The monoisotopic (exact) mass is 346 g/mol. The summed E-state index contributed by atoms with van der Waals surface area (Å²) in [5, 5.41) is 5.01. The van der Waals surface area contributed by atoms with Crippen LogP contribution in [-0.2, 0) is 16.6 Å². The molecule has 5 rings (SSSR count). The Morgan fingerprint density at radius 3 is 2.29 bits per heavy atom. The van der Waals surface area contributed by atoms with Crippen molar-refractivity contribution >= 4 is 29.3 Å². The summed E-state index contributed by atoms with van der Waals surface area (Å²) in [5.74, 6) is -1.69. The number of rotatable bonds is 2. The molecule has 0 radical (unpaired) electrons. The van der Waals surface area contributed by atoms with Crippen LogP contribution in [0.3, 0.4) is 0 Å². The van der Waals surface area contributed by atoms with Crippen LogP contribution in [0.5, 0.6) is 0 Å². The van der Waals surface area contributed by atoms with E-state index in [1.807, 2.05) is 0 Å². The first kappa shape index (κ1) is 14.2. The molecule has 3 aliphatic carbocycles. The van der Waals surface area contributed by atoms with Gasteiger partial charge in [0.25, 0.3) is 17.7 Å². The van der Waals surface area contributed by atoms with E-state index in [9.17, 15) is 14.4 Å². The summed E-state index contributed by atoms with van der Waals surface area (Å²) >= 11 is 5.95. The Hall–Kier alpha value is -2.15. The number of hydrogen-bond donors (Lipinski definition) is 1. The Labute approximate surface area is 142 Å². The smallest absolute Gasteiger partial charge is 0.273 e. The number of carbonyl (C=O) groups is 3. The van der Waals surface area contributed by atoms with Gasteiger partial charge in [-0.05, 0) is 30.1 Å². The molecule has 124 valence electrons. The van der Waals surface area contributed by atoms with Gasteiger partial charge in [0.1, 0.15) is 0 Å². The molecule has 2 heterocycles. The van der Waals surface area contributed by atoms with E-state index in [1.165, 1.54) is 10.9 Å². The quantitative estimate of drug-likeness (QED) is 0.637. The fraction of sp³-hybridized carbons (Fsp3) is 0.500. The van der Waals surface area contributed by atoms with Crippen LogP contribution in [0.4, 0.5) is 0 Å². The molecule has 1 spiro atoms. The number of hydrazine groups is 1. The summed E-state index contributed by atoms with van der Waals surface area (Å²) in [4.78, 5) is 37.8. The summed E-state index contributed by atoms with van der Waals surface area (Å²) in [6.07, 6.45) is 7.83. The molecular formula is C16H15ClN4O3. The van der Waals surface area contributed by atoms with E-state index in [2.05, 4.69) is 22.7 Å². The van der Waals surface area contributed by atoms with Crippen molar-refractivity contribution in [2.75, 3.05) is 0 Å². The molecule has 8 heteroatoms. The van der Waals surface area contributed by atoms with E-state index < -0.39 is 5.91 Å². The molecule has 7 nitrogen and oxygen atoms in total. The van der Waals surface area contributed by atoms with E-state index >= 15 is 0 Å². The Morgan fingerprint density at radius 2 is 1.83 bits per heavy atom. The predicted octanol–water partition coefficient (Wildman–Crippen LogP) is 0.915. The largest absolute Gasteiger partial charge is 0.292 e. The summed E-state index contributed by atoms with van der Waals surface area (Å²) < 4.78 is 1.40. The average molecular weight is 347 g/mol. The number of halogens is 1. The maximum atomic E-state index is 12.8. The second-order valence-corrected chi connectivity index (χ2v) is 7.58. The maximum absolute atomic E-state index is 12.8. The van der Waals surface area contributed by atoms with E-state index in [0.29, 0.717) is 0 Å². The minimum atomic E-state index is -0.649. The Bertz CT molecular complexity index is 806. The van der Waals surface area contributed by atoms with Gasteiger partial charge in [0.15, 0.2) is 5.69 Å². The van der Waals surface area contributed by atoms with E-state index in [-0.39, 0.29) is 51.6 Å². The molecule has 1 saturated heterocycles. The molecule has 2 saturated carbocycles. The lowest BCUT2D eigenvalue weighted by Crippen LogP contribution is -2.48. The molecule has 0 unspecified atom stereocenters. The van der Waals surface area contributed by atoms with Crippen LogP contribution < -0.4 is 5.43 Å². The molecule has 3 fully saturated rings. The summed E-state index contributed by atoms with van der Waals surface area (Å²) in [5.41, 5.74) is 2.54. The van der Waals surface area contributed by atoms with Crippen molar-refractivity contribution in [3.05, 3.63) is 29.1 Å². The van der Waals surface area contributed by atoms with Crippen molar-refractivity contribution in [1.82, 2.24) is 20.2 Å². The van der Waals surface area contributed by atoms with Crippen molar-refractivity contribution in [3.8, 4) is 0 Å². The zero-order chi connectivity index (χ0) is 16.8. The van der Waals surface area contributed by atoms with Gasteiger partial charge >= 0.3 is 0 Å². The Balaban J connectivity index is 1.42. The average Bonchev–Trinajstić information content (AvgIpc) is 2.99. The summed E-state index contributed by atoms with van der Waals surface area (Å²) in [7, 11) is 1.64. The first-order chi connectivity index (χ1) is 11.4. The predicted molar refractivity (Wildman–Crippen MR) is 82.3 cm³/mol. The van der Waals surface area contributed by atoms with Crippen molar-refractivity contribution < 1.29 is 14.4 Å². The second kappa shape index (κ2) is 4.27. The highest BCUT2D eigenvalue weighted by Gasteiger charge is 2.73. The normalized spacial score (nSPS) is 34.3. The number of fused-ring (bicyclic) bond motifs is 3. The van der Waals surface area contributed by atoms with Gasteiger partial charge in [0, 0.05) is 13.2 Å². The molecular weight excluding hydrogens is 332 g/mol. The first-order valence-electron chi connectivity index (χ1n) is 8.00. The van der Waals surface area contributed by atoms with Crippen molar-refractivity contribution in [3.63, 3.8) is 0 Å². The third kappa shape index (κ3) is 1.53. The van der Waals surface area contributed by atoms with Crippen LogP contribution in [0.1, 0.15) is 23.3 Å². The van der Waals surface area contributed by atoms with Crippen LogP contribution in [-0.4, -0.2) is 32.5 Å². The van der Waals surface area contributed by atoms with Crippen LogP contribution in [0, 0.1) is 29.1 Å². The van der Waals surface area contributed by atoms with E-state index in [1.54, 1.807) is 7.05 Å². The first-order valence-corrected chi connectivity index (χ1v) is 8.38. The van der Waals surface area contributed by atoms with Crippen LogP contribution in [0.25, 0.3) is 0 Å². The molecule has 1 aromatic heterocycles. The molecule has 4 aliphatic rings. The molecule has 1 aromatic rings. The number of nitrogens with zero attached hydrogens (tertiary/aromatic N) is 3. The van der Waals surface area contributed by atoms with Gasteiger partial charge in [-0.25, -0.2) is 0 Å². The Kier molecular flexibility index (Phi) is 2.53. The molecule has 2 bridgehead atoms. The topological polar surface area (TPSA) is 84.3 Å². The molecule has 1 N–H and O–H groups in total. The maximum Gasteiger partial charge on any atom is 0.292 e. The molecule has 24 heavy (non-hydrogen) atoms. The fourth-order valence-electron chi connectivity index (χ4n) is 4.96. The zero-order valence-electron chi connectivity index (χ0n) is 12.9. The third-order valence-corrected chi connectivity index (χ3v) is 6.34. The van der Waals surface area contributed by atoms with Crippen molar-refractivity contribution in [2.24, 2.45) is 36.1 Å². The Morgan fingerprint density at radius 1 is 1.25 bits per heavy atom. The molecule has 3 amide bonds. The summed E-state index contributed by atoms with van der Waals surface area (Å²) in [6, 6.07) is 0. The standard InChI is InChI=1S/C16H15ClN4O3/c1-20-6-9(17)12(18-20)13(22)19-21-14(23)10-7-2-3-8(11(10)15(21)24)16(7)4-5-16/h2-3,6-8,10-11H,4-5H2,1H3,(H,19,22)/t7-,8-,10-,11-/m0/s1. The minimum absolute atomic E-state index is 0.00316. The van der Waals surface area contributed by atoms with Crippen LogP contribution in [0.15, 0.2) is 18.3 Å². The number of aryl methyl sites for hydroxylation is 1. The van der Waals surface area contributed by atoms with Crippen LogP contribution >= 0.6 is 11.6 Å². The molecule has 4 atom stereocenters. The highest BCUT2D eigenvalue weighted by Crippen LogP contribution is 2.73. The van der Waals surface area contributed by atoms with Gasteiger partial charge in [-0.15, -0.1) is 0 Å². The highest BCUT2D eigenvalue weighted by atomic mass is 35.5. The third-order valence-electron chi connectivity index (χ3n) is 6.07. The number of nitrogens with one attached hydrogen (secondary N) is 1. The number of imide groups is 1. The number of carbonyl (C=O) groups excluding carboxylic acids is 3. The minimum Gasteiger partial charge on any atom is -0.273 e. The van der Waals surface area contributed by atoms with E-state index in [4.69, 9.17) is 11.6 Å². The highest BCUT2D eigenvalue weighted by molar-refractivity contribution is 6.33. The van der Waals surface area contributed by atoms with Gasteiger partial charge in [-0.3, -0.25) is 24.5 Å². The summed E-state index contributed by atoms with van der Waals surface area (Å²) in [6.45, 7) is 0. The van der Waals surface area contributed by atoms with Crippen LogP contribution in [0.2, 0.25) is 5.02 Å².